The van der Waals surface area contributed by atoms with Crippen molar-refractivity contribution in [1.82, 2.24) is 0 Å². The fourth-order valence-electron chi connectivity index (χ4n) is 0.627. The minimum atomic E-state index is -4.21. The standard InChI is InChI=1S/C7H5F3.C2H5.BrH.Mg/c8-7(9,10)6-4-2-1-3-5-6;1-2;;/h1-5H;1H2,2H3;1H;/q;;;+1/p-1. The minimum Gasteiger partial charge on any atom is -0.307 e. The molecule has 0 saturated heterocycles. The van der Waals surface area contributed by atoms with Gasteiger partial charge in [-0.3, -0.25) is 0 Å². The first-order valence-corrected chi connectivity index (χ1v) is 9.10. The first kappa shape index (κ1) is 14.3. The van der Waals surface area contributed by atoms with E-state index < -0.39 is 11.7 Å². The molecule has 0 N–H and O–H groups in total. The van der Waals surface area contributed by atoms with Crippen LogP contribution in [0.5, 0.6) is 0 Å². The maximum atomic E-state index is 11.8. The summed E-state index contributed by atoms with van der Waals surface area (Å²) in [5, 5.41) is 0. The second-order valence-electron chi connectivity index (χ2n) is 2.55. The van der Waals surface area contributed by atoms with Crippen LogP contribution in [0.4, 0.5) is 13.2 Å². The molecule has 0 unspecified atom stereocenters. The zero-order valence-corrected chi connectivity index (χ0v) is 10.8. The molecule has 0 saturated carbocycles. The summed E-state index contributed by atoms with van der Waals surface area (Å²) < 4.78 is 36.7. The van der Waals surface area contributed by atoms with Gasteiger partial charge in [0.2, 0.25) is 0 Å². The van der Waals surface area contributed by atoms with Crippen molar-refractivity contribution in [2.75, 3.05) is 0 Å². The van der Waals surface area contributed by atoms with Crippen LogP contribution in [0.3, 0.4) is 0 Å². The van der Waals surface area contributed by atoms with Crippen molar-refractivity contribution in [3.8, 4) is 0 Å². The highest BCUT2D eigenvalue weighted by molar-refractivity contribution is 9.23. The number of benzene rings is 1. The lowest BCUT2D eigenvalue weighted by atomic mass is 10.2. The molecule has 76 valence electrons. The lowest BCUT2D eigenvalue weighted by Crippen LogP contribution is -2.03. The topological polar surface area (TPSA) is 0 Å². The molecule has 0 aliphatic rings. The predicted octanol–water partition coefficient (Wildman–Crippen LogP) is 4.14. The van der Waals surface area contributed by atoms with E-state index in [1.807, 2.05) is 0 Å². The van der Waals surface area contributed by atoms with Gasteiger partial charge in [0, 0.05) is 0 Å². The fourth-order valence-corrected chi connectivity index (χ4v) is 0.627. The Morgan fingerprint density at radius 1 is 1.21 bits per heavy atom. The van der Waals surface area contributed by atoms with Crippen molar-refractivity contribution in [1.29, 1.82) is 0 Å². The third-order valence-electron chi connectivity index (χ3n) is 1.29. The van der Waals surface area contributed by atoms with Gasteiger partial charge in [-0.1, -0.05) is 37.3 Å². The van der Waals surface area contributed by atoms with Gasteiger partial charge in [-0.2, -0.15) is 13.2 Å². The summed E-state index contributed by atoms with van der Waals surface area (Å²) in [6, 6.07) is 6.36. The number of alkyl halides is 3. The summed E-state index contributed by atoms with van der Waals surface area (Å²) in [6.07, 6.45) is -4.21. The van der Waals surface area contributed by atoms with Crippen LogP contribution in [0.1, 0.15) is 12.5 Å². The SMILES string of the molecule is C[CH2][Mg][Br].FC(F)(F)c1ccccc1. The average Bonchev–Trinajstić information content (AvgIpc) is 2.18. The number of halogens is 4. The molecule has 0 aliphatic heterocycles. The van der Waals surface area contributed by atoms with Gasteiger partial charge in [0.05, 0.1) is 5.56 Å². The van der Waals surface area contributed by atoms with Gasteiger partial charge < -0.3 is 12.9 Å². The molecular formula is C9H10BrF3Mg. The van der Waals surface area contributed by atoms with E-state index in [2.05, 4.69) is 19.8 Å². The van der Waals surface area contributed by atoms with Gasteiger partial charge in [-0.25, -0.2) is 0 Å². The number of rotatable bonds is 1. The Kier molecular flexibility index (Phi) is 7.67. The zero-order valence-electron chi connectivity index (χ0n) is 7.81. The van der Waals surface area contributed by atoms with Gasteiger partial charge >= 0.3 is 24.4 Å². The van der Waals surface area contributed by atoms with E-state index >= 15 is 0 Å². The molecule has 1 rings (SSSR count). The van der Waals surface area contributed by atoms with E-state index in [0.717, 1.165) is 12.1 Å². The molecule has 0 amide bonds. The zero-order chi connectivity index (χ0) is 11.0. The van der Waals surface area contributed by atoms with Gasteiger partial charge in [-0.05, 0) is 0 Å². The molecule has 0 heterocycles. The summed E-state index contributed by atoms with van der Waals surface area (Å²) in [7, 11) is 0. The Morgan fingerprint density at radius 2 is 1.64 bits per heavy atom. The molecule has 1 aromatic rings. The van der Waals surface area contributed by atoms with Crippen LogP contribution in [0.2, 0.25) is 4.55 Å². The molecule has 0 aromatic heterocycles. The molecule has 0 bridgehead atoms. The molecule has 0 aliphatic carbocycles. The van der Waals surface area contributed by atoms with Crippen molar-refractivity contribution >= 4 is 31.1 Å². The van der Waals surface area contributed by atoms with Gasteiger partial charge in [0.1, 0.15) is 0 Å². The fraction of sp³-hybridized carbons (Fsp3) is 0.333. The molecule has 0 nitrogen and oxygen atoms in total. The molecule has 0 atom stereocenters. The van der Waals surface area contributed by atoms with E-state index in [-0.39, 0.29) is 18.2 Å². The number of hydrogen-bond donors (Lipinski definition) is 0. The van der Waals surface area contributed by atoms with Crippen molar-refractivity contribution in [2.24, 2.45) is 0 Å². The van der Waals surface area contributed by atoms with E-state index in [1.54, 1.807) is 6.07 Å². The Hall–Kier alpha value is 0.256. The third kappa shape index (κ3) is 6.67. The molecule has 0 fully saturated rings. The minimum absolute atomic E-state index is 0.237. The highest BCUT2D eigenvalue weighted by Crippen LogP contribution is 2.28. The maximum absolute atomic E-state index is 11.8. The predicted molar refractivity (Wildman–Crippen MR) is 56.6 cm³/mol. The van der Waals surface area contributed by atoms with Crippen LogP contribution in [-0.2, 0) is 6.18 Å². The van der Waals surface area contributed by atoms with E-state index in [9.17, 15) is 13.2 Å². The van der Waals surface area contributed by atoms with Crippen molar-refractivity contribution < 1.29 is 13.2 Å². The van der Waals surface area contributed by atoms with Gasteiger partial charge in [-0.15, -0.1) is 4.55 Å². The molecule has 5 heteroatoms. The van der Waals surface area contributed by atoms with Crippen LogP contribution in [-0.4, -0.2) is 18.2 Å². The highest BCUT2D eigenvalue weighted by atomic mass is 79.9. The van der Waals surface area contributed by atoms with Crippen LogP contribution < -0.4 is 0 Å². The monoisotopic (exact) mass is 278 g/mol. The summed E-state index contributed by atoms with van der Waals surface area (Å²) in [6.45, 7) is 2.20. The average molecular weight is 279 g/mol. The summed E-state index contributed by atoms with van der Waals surface area (Å²) in [5.74, 6) is 0. The number of hydrogen-bond acceptors (Lipinski definition) is 0. The van der Waals surface area contributed by atoms with E-state index in [0.29, 0.717) is 0 Å². The Bertz CT molecular complexity index is 234. The largest absolute Gasteiger partial charge is 0.468 e. The second-order valence-corrected chi connectivity index (χ2v) is 6.31. The smallest absolute Gasteiger partial charge is 0.307 e. The molecule has 0 spiro atoms. The maximum Gasteiger partial charge on any atom is 0.468 e. The second kappa shape index (κ2) is 7.54. The lowest BCUT2D eigenvalue weighted by molar-refractivity contribution is -0.137. The van der Waals surface area contributed by atoms with Crippen molar-refractivity contribution in [2.45, 2.75) is 17.7 Å². The molecular weight excluding hydrogens is 269 g/mol. The van der Waals surface area contributed by atoms with Crippen LogP contribution in [0.25, 0.3) is 0 Å². The molecule has 1 aromatic carbocycles. The highest BCUT2D eigenvalue weighted by Gasteiger charge is 2.29. The summed E-state index contributed by atoms with van der Waals surface area (Å²) in [4.78, 5) is 0. The van der Waals surface area contributed by atoms with Crippen LogP contribution in [0.15, 0.2) is 30.3 Å². The quantitative estimate of drug-likeness (QED) is 0.678. The van der Waals surface area contributed by atoms with Crippen molar-refractivity contribution in [3.05, 3.63) is 35.9 Å². The van der Waals surface area contributed by atoms with Gasteiger partial charge in [0.25, 0.3) is 0 Å². The summed E-state index contributed by atoms with van der Waals surface area (Å²) >= 11 is 3.62. The third-order valence-corrected chi connectivity index (χ3v) is 4.05. The summed E-state index contributed by atoms with van der Waals surface area (Å²) in [5.41, 5.74) is -0.602. The Labute approximate surface area is 97.5 Å². The molecule has 0 radical (unpaired) electrons. The first-order valence-electron chi connectivity index (χ1n) is 4.20. The van der Waals surface area contributed by atoms with Gasteiger partial charge in [0.15, 0.2) is 0 Å². The Morgan fingerprint density at radius 3 is 1.86 bits per heavy atom. The lowest BCUT2D eigenvalue weighted by Gasteiger charge is -2.03. The normalized spacial score (nSPS) is 9.79. The van der Waals surface area contributed by atoms with Crippen LogP contribution in [0, 0.1) is 0 Å². The van der Waals surface area contributed by atoms with E-state index in [4.69, 9.17) is 0 Å². The van der Waals surface area contributed by atoms with E-state index in [1.165, 1.54) is 16.7 Å². The van der Waals surface area contributed by atoms with Crippen molar-refractivity contribution in [3.63, 3.8) is 0 Å². The Balaban J connectivity index is 0.000000364. The first-order chi connectivity index (χ1) is 6.52. The van der Waals surface area contributed by atoms with Crippen LogP contribution >= 0.6 is 12.9 Å². The molecule has 14 heavy (non-hydrogen) atoms.